The minimum absolute atomic E-state index is 0.0621. The summed E-state index contributed by atoms with van der Waals surface area (Å²) in [5.74, 6) is -0.870. The van der Waals surface area contributed by atoms with Gasteiger partial charge in [0.25, 0.3) is 0 Å². The molecular weight excluding hydrogens is 286 g/mol. The maximum Gasteiger partial charge on any atom is 0.217 e. The highest BCUT2D eigenvalue weighted by atomic mass is 19.1. The van der Waals surface area contributed by atoms with Crippen LogP contribution < -0.4 is 10.6 Å². The molecule has 0 spiro atoms. The molecule has 3 nitrogen and oxygen atoms in total. The summed E-state index contributed by atoms with van der Waals surface area (Å²) in [5.41, 5.74) is -0.427. The lowest BCUT2D eigenvalue weighted by Gasteiger charge is -2.32. The lowest BCUT2D eigenvalue weighted by atomic mass is 9.94. The van der Waals surface area contributed by atoms with Crippen LogP contribution >= 0.6 is 0 Å². The number of rotatable bonds is 6. The van der Waals surface area contributed by atoms with Gasteiger partial charge in [-0.15, -0.1) is 0 Å². The zero-order chi connectivity index (χ0) is 16.5. The van der Waals surface area contributed by atoms with Gasteiger partial charge >= 0.3 is 0 Å². The molecule has 1 atom stereocenters. The van der Waals surface area contributed by atoms with E-state index < -0.39 is 11.4 Å². The highest BCUT2D eigenvalue weighted by Gasteiger charge is 2.47. The number of carbonyl (C=O) groups is 1. The molecule has 1 aliphatic carbocycles. The van der Waals surface area contributed by atoms with E-state index >= 15 is 0 Å². The van der Waals surface area contributed by atoms with Crippen LogP contribution in [0.5, 0.6) is 0 Å². The molecule has 0 heterocycles. The molecule has 2 rings (SSSR count). The van der Waals surface area contributed by atoms with Gasteiger partial charge in [0.1, 0.15) is 11.6 Å². The summed E-state index contributed by atoms with van der Waals surface area (Å²) in [4.78, 5) is 11.2. The molecule has 1 aromatic carbocycles. The van der Waals surface area contributed by atoms with Crippen molar-refractivity contribution in [2.24, 2.45) is 0 Å². The number of hydrogen-bond donors (Lipinski definition) is 2. The van der Waals surface area contributed by atoms with Crippen molar-refractivity contribution in [1.29, 1.82) is 0 Å². The van der Waals surface area contributed by atoms with E-state index in [9.17, 15) is 13.6 Å². The molecule has 0 bridgehead atoms. The third-order valence-corrected chi connectivity index (χ3v) is 4.05. The van der Waals surface area contributed by atoms with Gasteiger partial charge in [0, 0.05) is 29.6 Å². The van der Waals surface area contributed by atoms with Gasteiger partial charge in [-0.25, -0.2) is 8.78 Å². The lowest BCUT2D eigenvalue weighted by molar-refractivity contribution is -0.120. The predicted molar refractivity (Wildman–Crippen MR) is 82.4 cm³/mol. The predicted octanol–water partition coefficient (Wildman–Crippen LogP) is 3.24. The SMILES string of the molecule is CC(=O)NC(C)(C)CC(C)NC1(c2cc(F)ccc2F)CC1. The van der Waals surface area contributed by atoms with Crippen LogP contribution in [0.25, 0.3) is 0 Å². The highest BCUT2D eigenvalue weighted by molar-refractivity contribution is 5.73. The van der Waals surface area contributed by atoms with E-state index in [1.54, 1.807) is 0 Å². The van der Waals surface area contributed by atoms with Crippen LogP contribution in [0.4, 0.5) is 8.78 Å². The highest BCUT2D eigenvalue weighted by Crippen LogP contribution is 2.47. The topological polar surface area (TPSA) is 41.1 Å². The minimum atomic E-state index is -0.474. The van der Waals surface area contributed by atoms with Crippen molar-refractivity contribution in [3.8, 4) is 0 Å². The Bertz CT molecular complexity index is 568. The monoisotopic (exact) mass is 310 g/mol. The van der Waals surface area contributed by atoms with E-state index in [2.05, 4.69) is 10.6 Å². The molecule has 1 amide bonds. The first-order valence-electron chi connectivity index (χ1n) is 7.66. The number of benzene rings is 1. The van der Waals surface area contributed by atoms with E-state index in [0.29, 0.717) is 12.0 Å². The Hall–Kier alpha value is -1.49. The molecule has 1 unspecified atom stereocenters. The van der Waals surface area contributed by atoms with Crippen LogP contribution in [0.2, 0.25) is 0 Å². The van der Waals surface area contributed by atoms with E-state index in [4.69, 9.17) is 0 Å². The van der Waals surface area contributed by atoms with Gasteiger partial charge < -0.3 is 10.6 Å². The lowest BCUT2D eigenvalue weighted by Crippen LogP contribution is -2.48. The zero-order valence-electron chi connectivity index (χ0n) is 13.6. The third-order valence-electron chi connectivity index (χ3n) is 4.05. The fraction of sp³-hybridized carbons (Fsp3) is 0.588. The zero-order valence-corrected chi connectivity index (χ0v) is 13.6. The summed E-state index contributed by atoms with van der Waals surface area (Å²) >= 11 is 0. The fourth-order valence-corrected chi connectivity index (χ4v) is 3.30. The van der Waals surface area contributed by atoms with Crippen molar-refractivity contribution in [3.63, 3.8) is 0 Å². The van der Waals surface area contributed by atoms with Crippen LogP contribution in [0, 0.1) is 11.6 Å². The van der Waals surface area contributed by atoms with Gasteiger partial charge in [-0.3, -0.25) is 4.79 Å². The standard InChI is InChI=1S/C17H24F2N2O/c1-11(10-16(3,4)21-12(2)22)20-17(7-8-17)14-9-13(18)5-6-15(14)19/h5-6,9,11,20H,7-8,10H2,1-4H3,(H,21,22). The normalized spacial score (nSPS) is 17.9. The van der Waals surface area contributed by atoms with Crippen LogP contribution in [-0.2, 0) is 10.3 Å². The smallest absolute Gasteiger partial charge is 0.217 e. The molecule has 0 saturated heterocycles. The average Bonchev–Trinajstić information content (AvgIpc) is 3.10. The summed E-state index contributed by atoms with van der Waals surface area (Å²) in [6, 6.07) is 3.66. The first kappa shape index (κ1) is 16.9. The van der Waals surface area contributed by atoms with Crippen LogP contribution in [0.15, 0.2) is 18.2 Å². The molecule has 0 radical (unpaired) electrons. The van der Waals surface area contributed by atoms with Crippen molar-refractivity contribution in [1.82, 2.24) is 10.6 Å². The molecule has 0 aliphatic heterocycles. The maximum absolute atomic E-state index is 14.0. The maximum atomic E-state index is 14.0. The number of amides is 1. The quantitative estimate of drug-likeness (QED) is 0.847. The van der Waals surface area contributed by atoms with Gasteiger partial charge in [0.2, 0.25) is 5.91 Å². The van der Waals surface area contributed by atoms with Gasteiger partial charge in [0.15, 0.2) is 0 Å². The molecule has 0 aromatic heterocycles. The van der Waals surface area contributed by atoms with Crippen LogP contribution in [0.1, 0.15) is 52.5 Å². The number of carbonyl (C=O) groups excluding carboxylic acids is 1. The van der Waals surface area contributed by atoms with Crippen molar-refractivity contribution in [2.75, 3.05) is 0 Å². The number of nitrogens with one attached hydrogen (secondary N) is 2. The van der Waals surface area contributed by atoms with Crippen molar-refractivity contribution >= 4 is 5.91 Å². The molecule has 1 aromatic rings. The van der Waals surface area contributed by atoms with E-state index in [1.165, 1.54) is 19.1 Å². The van der Waals surface area contributed by atoms with Gasteiger partial charge in [-0.05, 0) is 58.2 Å². The largest absolute Gasteiger partial charge is 0.351 e. The Labute approximate surface area is 130 Å². The van der Waals surface area contributed by atoms with E-state index in [-0.39, 0.29) is 23.3 Å². The molecule has 1 saturated carbocycles. The number of hydrogen-bond acceptors (Lipinski definition) is 2. The number of halogens is 2. The molecule has 1 fully saturated rings. The van der Waals surface area contributed by atoms with E-state index in [1.807, 2.05) is 20.8 Å². The summed E-state index contributed by atoms with van der Waals surface area (Å²) in [7, 11) is 0. The van der Waals surface area contributed by atoms with Crippen molar-refractivity contribution in [3.05, 3.63) is 35.4 Å². The Morgan fingerprint density at radius 3 is 2.55 bits per heavy atom. The van der Waals surface area contributed by atoms with Gasteiger partial charge in [-0.2, -0.15) is 0 Å². The van der Waals surface area contributed by atoms with Gasteiger partial charge in [0.05, 0.1) is 0 Å². The second kappa shape index (κ2) is 5.95. The molecule has 1 aliphatic rings. The Kier molecular flexibility index (Phi) is 4.57. The summed E-state index contributed by atoms with van der Waals surface area (Å²) in [5, 5.41) is 6.33. The summed E-state index contributed by atoms with van der Waals surface area (Å²) in [6.07, 6.45) is 2.28. The Morgan fingerprint density at radius 2 is 2.00 bits per heavy atom. The second-order valence-corrected chi connectivity index (χ2v) is 7.02. The first-order valence-corrected chi connectivity index (χ1v) is 7.66. The molecule has 2 N–H and O–H groups in total. The second-order valence-electron chi connectivity index (χ2n) is 7.02. The Balaban J connectivity index is 2.06. The Morgan fingerprint density at radius 1 is 1.36 bits per heavy atom. The van der Waals surface area contributed by atoms with Crippen LogP contribution in [0.3, 0.4) is 0 Å². The molecule has 5 heteroatoms. The fourth-order valence-electron chi connectivity index (χ4n) is 3.30. The van der Waals surface area contributed by atoms with Crippen LogP contribution in [-0.4, -0.2) is 17.5 Å². The summed E-state index contributed by atoms with van der Waals surface area (Å²) in [6.45, 7) is 7.40. The third kappa shape index (κ3) is 4.03. The minimum Gasteiger partial charge on any atom is -0.351 e. The molecule has 122 valence electrons. The van der Waals surface area contributed by atoms with Gasteiger partial charge in [-0.1, -0.05) is 0 Å². The first-order chi connectivity index (χ1) is 10.1. The molecule has 22 heavy (non-hydrogen) atoms. The molecular formula is C17H24F2N2O. The average molecular weight is 310 g/mol. The van der Waals surface area contributed by atoms with Crippen molar-refractivity contribution < 1.29 is 13.6 Å². The van der Waals surface area contributed by atoms with E-state index in [0.717, 1.165) is 18.9 Å². The van der Waals surface area contributed by atoms with Crippen molar-refractivity contribution in [2.45, 2.75) is 64.1 Å². The summed E-state index contributed by atoms with van der Waals surface area (Å²) < 4.78 is 27.4.